The average Bonchev–Trinajstić information content (AvgIpc) is 3.12. The molecule has 1 aliphatic rings. The minimum Gasteiger partial charge on any atom is -0.457 e. The number of hydrogen-bond acceptors (Lipinski definition) is 4. The van der Waals surface area contributed by atoms with E-state index in [4.69, 9.17) is 4.74 Å². The Balaban J connectivity index is 1.55. The number of hydrogen-bond donors (Lipinski definition) is 0. The molecule has 31 heavy (non-hydrogen) atoms. The van der Waals surface area contributed by atoms with Crippen molar-refractivity contribution in [3.63, 3.8) is 0 Å². The first-order chi connectivity index (χ1) is 14.5. The highest BCUT2D eigenvalue weighted by atomic mass is 19.4. The molecule has 164 valence electrons. The Morgan fingerprint density at radius 2 is 1.77 bits per heavy atom. The number of benzene rings is 1. The van der Waals surface area contributed by atoms with E-state index in [2.05, 4.69) is 6.58 Å². The average molecular weight is 434 g/mol. The monoisotopic (exact) mass is 434 g/mol. The van der Waals surface area contributed by atoms with Crippen molar-refractivity contribution in [2.75, 3.05) is 13.2 Å². The van der Waals surface area contributed by atoms with E-state index in [-0.39, 0.29) is 35.8 Å². The number of esters is 1. The number of ketones is 1. The summed E-state index contributed by atoms with van der Waals surface area (Å²) in [6, 6.07) is 8.31. The standard InChI is InChI=1S/C22H21F3N2O4/c1-13-10-18(15(3)27(13)12-22(23,24)25)19(28)11-31-20(29)8-9-26-14(2)16-6-4-5-7-17(16)21(26)30/h4-7,10H,2,8-9,11-12H2,1,3H3. The molecule has 1 amide bonds. The van der Waals surface area contributed by atoms with Crippen molar-refractivity contribution in [2.24, 2.45) is 0 Å². The number of carbonyl (C=O) groups excluding carboxylic acids is 3. The second kappa shape index (κ2) is 8.41. The molecule has 0 saturated carbocycles. The van der Waals surface area contributed by atoms with Crippen LogP contribution in [-0.2, 0) is 16.1 Å². The van der Waals surface area contributed by atoms with Crippen LogP contribution in [0.25, 0.3) is 5.70 Å². The molecule has 2 heterocycles. The van der Waals surface area contributed by atoms with Crippen molar-refractivity contribution in [1.82, 2.24) is 9.47 Å². The number of fused-ring (bicyclic) bond motifs is 1. The fourth-order valence-electron chi connectivity index (χ4n) is 3.58. The van der Waals surface area contributed by atoms with Gasteiger partial charge in [0.05, 0.1) is 6.42 Å². The van der Waals surface area contributed by atoms with Gasteiger partial charge in [-0.2, -0.15) is 13.2 Å². The summed E-state index contributed by atoms with van der Waals surface area (Å²) < 4.78 is 44.1. The van der Waals surface area contributed by atoms with Gasteiger partial charge in [0.2, 0.25) is 5.78 Å². The zero-order valence-electron chi connectivity index (χ0n) is 17.1. The summed E-state index contributed by atoms with van der Waals surface area (Å²) in [4.78, 5) is 38.2. The number of aromatic nitrogens is 1. The number of nitrogens with zero attached hydrogens (tertiary/aromatic N) is 2. The summed E-state index contributed by atoms with van der Waals surface area (Å²) in [6.07, 6.45) is -4.57. The van der Waals surface area contributed by atoms with Gasteiger partial charge in [-0.25, -0.2) is 0 Å². The van der Waals surface area contributed by atoms with E-state index in [1.54, 1.807) is 24.3 Å². The predicted octanol–water partition coefficient (Wildman–Crippen LogP) is 3.91. The quantitative estimate of drug-likeness (QED) is 0.490. The Labute approximate surface area is 176 Å². The summed E-state index contributed by atoms with van der Waals surface area (Å²) in [5.74, 6) is -1.56. The maximum Gasteiger partial charge on any atom is 0.406 e. The number of alkyl halides is 3. The molecule has 6 nitrogen and oxygen atoms in total. The number of carbonyl (C=O) groups is 3. The van der Waals surface area contributed by atoms with Gasteiger partial charge in [0.15, 0.2) is 6.61 Å². The fourth-order valence-corrected chi connectivity index (χ4v) is 3.58. The molecule has 0 aliphatic carbocycles. The topological polar surface area (TPSA) is 68.6 Å². The molecule has 0 radical (unpaired) electrons. The van der Waals surface area contributed by atoms with E-state index in [1.807, 2.05) is 0 Å². The van der Waals surface area contributed by atoms with Crippen molar-refractivity contribution < 1.29 is 32.3 Å². The first-order valence-electron chi connectivity index (χ1n) is 9.52. The molecule has 3 rings (SSSR count). The molecule has 9 heteroatoms. The van der Waals surface area contributed by atoms with E-state index in [0.29, 0.717) is 16.8 Å². The Kier molecular flexibility index (Phi) is 6.06. The number of halogens is 3. The highest BCUT2D eigenvalue weighted by molar-refractivity contribution is 6.08. The van der Waals surface area contributed by atoms with Crippen molar-refractivity contribution >= 4 is 23.4 Å². The minimum atomic E-state index is -4.42. The second-order valence-electron chi connectivity index (χ2n) is 7.27. The first-order valence-corrected chi connectivity index (χ1v) is 9.52. The van der Waals surface area contributed by atoms with Crippen LogP contribution in [0.5, 0.6) is 0 Å². The summed E-state index contributed by atoms with van der Waals surface area (Å²) >= 11 is 0. The molecule has 0 atom stereocenters. The molecule has 0 N–H and O–H groups in total. The highest BCUT2D eigenvalue weighted by Crippen LogP contribution is 2.31. The summed E-state index contributed by atoms with van der Waals surface area (Å²) in [5.41, 5.74) is 2.22. The molecule has 2 aromatic rings. The van der Waals surface area contributed by atoms with E-state index in [9.17, 15) is 27.6 Å². The largest absolute Gasteiger partial charge is 0.457 e. The van der Waals surface area contributed by atoms with Crippen molar-refractivity contribution in [3.05, 3.63) is 65.0 Å². The number of ether oxygens (including phenoxy) is 1. The molecule has 0 unspecified atom stereocenters. The fraction of sp³-hybridized carbons (Fsp3) is 0.318. The van der Waals surface area contributed by atoms with Crippen LogP contribution in [0, 0.1) is 13.8 Å². The van der Waals surface area contributed by atoms with Gasteiger partial charge >= 0.3 is 12.1 Å². The predicted molar refractivity (Wildman–Crippen MR) is 106 cm³/mol. The molecule has 1 aromatic heterocycles. The molecule has 1 aliphatic heterocycles. The molecule has 0 saturated heterocycles. The van der Waals surface area contributed by atoms with Crippen LogP contribution in [0.2, 0.25) is 0 Å². The van der Waals surface area contributed by atoms with Crippen LogP contribution >= 0.6 is 0 Å². The minimum absolute atomic E-state index is 0.0411. The third kappa shape index (κ3) is 4.70. The summed E-state index contributed by atoms with van der Waals surface area (Å²) in [5, 5.41) is 0. The molecular formula is C22H21F3N2O4. The van der Waals surface area contributed by atoms with E-state index in [1.165, 1.54) is 24.8 Å². The zero-order valence-corrected chi connectivity index (χ0v) is 17.1. The second-order valence-corrected chi connectivity index (χ2v) is 7.27. The molecule has 0 bridgehead atoms. The van der Waals surface area contributed by atoms with Gasteiger partial charge in [0, 0.05) is 40.3 Å². The third-order valence-corrected chi connectivity index (χ3v) is 5.15. The number of Topliss-reactive ketones (excluding diaryl/α,β-unsaturated/α-hetero) is 1. The lowest BCUT2D eigenvalue weighted by molar-refractivity contribution is -0.142. The number of aryl methyl sites for hydroxylation is 1. The van der Waals surface area contributed by atoms with Crippen LogP contribution in [0.4, 0.5) is 13.2 Å². The van der Waals surface area contributed by atoms with Crippen molar-refractivity contribution in [2.45, 2.75) is 33.0 Å². The molecular weight excluding hydrogens is 413 g/mol. The van der Waals surface area contributed by atoms with Crippen LogP contribution in [0.1, 0.15) is 44.1 Å². The smallest absolute Gasteiger partial charge is 0.406 e. The van der Waals surface area contributed by atoms with Crippen LogP contribution in [0.15, 0.2) is 36.9 Å². The third-order valence-electron chi connectivity index (χ3n) is 5.15. The normalized spacial score (nSPS) is 13.5. The lowest BCUT2D eigenvalue weighted by Gasteiger charge is -2.16. The summed E-state index contributed by atoms with van der Waals surface area (Å²) in [7, 11) is 0. The van der Waals surface area contributed by atoms with E-state index in [0.717, 1.165) is 4.57 Å². The van der Waals surface area contributed by atoms with Gasteiger partial charge < -0.3 is 14.2 Å². The molecule has 1 aromatic carbocycles. The SMILES string of the molecule is C=C1c2ccccc2C(=O)N1CCC(=O)OCC(=O)c1cc(C)n(CC(F)(F)F)c1C. The van der Waals surface area contributed by atoms with Gasteiger partial charge in [0.25, 0.3) is 5.91 Å². The zero-order chi connectivity index (χ0) is 22.9. The number of rotatable bonds is 7. The maximum absolute atomic E-state index is 12.7. The van der Waals surface area contributed by atoms with Gasteiger partial charge in [-0.1, -0.05) is 24.8 Å². The Morgan fingerprint density at radius 3 is 2.39 bits per heavy atom. The van der Waals surface area contributed by atoms with E-state index < -0.39 is 31.1 Å². The van der Waals surface area contributed by atoms with Crippen molar-refractivity contribution in [1.29, 1.82) is 0 Å². The van der Waals surface area contributed by atoms with Crippen LogP contribution < -0.4 is 0 Å². The molecule has 0 spiro atoms. The van der Waals surface area contributed by atoms with E-state index >= 15 is 0 Å². The van der Waals surface area contributed by atoms with Crippen LogP contribution in [-0.4, -0.2) is 46.5 Å². The van der Waals surface area contributed by atoms with Crippen molar-refractivity contribution in [3.8, 4) is 0 Å². The Bertz CT molecular complexity index is 1030. The first kappa shape index (κ1) is 22.3. The lowest BCUT2D eigenvalue weighted by Crippen LogP contribution is -2.26. The highest BCUT2D eigenvalue weighted by Gasteiger charge is 2.32. The van der Waals surface area contributed by atoms with Gasteiger partial charge in [0.1, 0.15) is 6.54 Å². The lowest BCUT2D eigenvalue weighted by atomic mass is 10.1. The Morgan fingerprint density at radius 1 is 1.13 bits per heavy atom. The van der Waals surface area contributed by atoms with Gasteiger partial charge in [-0.3, -0.25) is 14.4 Å². The Hall–Kier alpha value is -3.36. The van der Waals surface area contributed by atoms with Gasteiger partial charge in [-0.15, -0.1) is 0 Å². The maximum atomic E-state index is 12.7. The number of amides is 1. The molecule has 0 fully saturated rings. The van der Waals surface area contributed by atoms with Crippen LogP contribution in [0.3, 0.4) is 0 Å². The summed E-state index contributed by atoms with van der Waals surface area (Å²) in [6.45, 7) is 5.01. The van der Waals surface area contributed by atoms with Gasteiger partial charge in [-0.05, 0) is 26.0 Å².